The first-order valence-electron chi connectivity index (χ1n) is 9.86. The van der Waals surface area contributed by atoms with Gasteiger partial charge in [-0.3, -0.25) is 19.2 Å². The van der Waals surface area contributed by atoms with Crippen LogP contribution >= 0.6 is 0 Å². The van der Waals surface area contributed by atoms with Crippen LogP contribution in [0.1, 0.15) is 29.6 Å². The van der Waals surface area contributed by atoms with Crippen LogP contribution < -0.4 is 16.2 Å². The van der Waals surface area contributed by atoms with E-state index in [9.17, 15) is 19.5 Å². The summed E-state index contributed by atoms with van der Waals surface area (Å²) in [5, 5.41) is 23.4. The van der Waals surface area contributed by atoms with Crippen molar-refractivity contribution in [2.45, 2.75) is 31.4 Å². The number of hydrogen-bond donors (Lipinski definition) is 5. The highest BCUT2D eigenvalue weighted by atomic mass is 16.5. The molecule has 0 unspecified atom stereocenters. The van der Waals surface area contributed by atoms with Crippen LogP contribution in [-0.4, -0.2) is 65.9 Å². The molecular weight excluding hydrogens is 406 g/mol. The fourth-order valence-corrected chi connectivity index (χ4v) is 3.60. The van der Waals surface area contributed by atoms with E-state index < -0.39 is 18.1 Å². The quantitative estimate of drug-likeness (QED) is 0.309. The zero-order chi connectivity index (χ0) is 22.8. The molecular formula is C21H27N3O7. The van der Waals surface area contributed by atoms with Gasteiger partial charge in [-0.05, 0) is 25.3 Å². The van der Waals surface area contributed by atoms with E-state index in [0.29, 0.717) is 36.9 Å². The van der Waals surface area contributed by atoms with Gasteiger partial charge in [0.2, 0.25) is 11.5 Å². The number of pyridine rings is 1. The van der Waals surface area contributed by atoms with Crippen LogP contribution in [0.25, 0.3) is 10.9 Å². The summed E-state index contributed by atoms with van der Waals surface area (Å²) in [5.41, 5.74) is 0.448. The van der Waals surface area contributed by atoms with Crippen LogP contribution in [0.3, 0.4) is 0 Å². The van der Waals surface area contributed by atoms with Crippen molar-refractivity contribution in [1.29, 1.82) is 0 Å². The number of fused-ring (bicyclic) bond motifs is 1. The van der Waals surface area contributed by atoms with Crippen molar-refractivity contribution in [2.24, 2.45) is 5.92 Å². The summed E-state index contributed by atoms with van der Waals surface area (Å²) in [4.78, 5) is 47.9. The maximum absolute atomic E-state index is 12.7. The third-order valence-corrected chi connectivity index (χ3v) is 5.04. The molecule has 0 saturated heterocycles. The fraction of sp³-hybridized carbons (Fsp3) is 0.429. The first-order chi connectivity index (χ1) is 14.9. The van der Waals surface area contributed by atoms with Gasteiger partial charge < -0.3 is 30.6 Å². The molecule has 2 amide bonds. The van der Waals surface area contributed by atoms with E-state index in [2.05, 4.69) is 15.6 Å². The van der Waals surface area contributed by atoms with Gasteiger partial charge >= 0.3 is 0 Å². The van der Waals surface area contributed by atoms with Crippen molar-refractivity contribution in [3.63, 3.8) is 0 Å². The van der Waals surface area contributed by atoms with E-state index >= 15 is 0 Å². The van der Waals surface area contributed by atoms with E-state index in [-0.39, 0.29) is 35.8 Å². The molecule has 1 saturated carbocycles. The number of carbonyl (C=O) groups is 3. The van der Waals surface area contributed by atoms with E-state index in [1.54, 1.807) is 31.4 Å². The van der Waals surface area contributed by atoms with E-state index in [1.807, 2.05) is 0 Å². The number of aliphatic hydroxyl groups excluding tert-OH is 1. The summed E-state index contributed by atoms with van der Waals surface area (Å²) < 4.78 is 4.94. The molecule has 0 bridgehead atoms. The number of aliphatic hydroxyl groups is 1. The lowest BCUT2D eigenvalue weighted by Crippen LogP contribution is -2.40. The monoisotopic (exact) mass is 433 g/mol. The number of benzene rings is 1. The Labute approximate surface area is 178 Å². The summed E-state index contributed by atoms with van der Waals surface area (Å²) in [7, 11) is 1.60. The van der Waals surface area contributed by atoms with Gasteiger partial charge in [0.25, 0.3) is 12.4 Å². The molecule has 1 fully saturated rings. The Balaban J connectivity index is 0.00000107. The van der Waals surface area contributed by atoms with Crippen LogP contribution in [0.2, 0.25) is 0 Å². The minimum absolute atomic E-state index is 0.131. The van der Waals surface area contributed by atoms with Gasteiger partial charge in [-0.1, -0.05) is 18.2 Å². The standard InChI is InChI=1S/C20H25N3O5.CH2O2/c1-28-8-4-7-21-19(26)12-9-16(17(24)10-12)23-20(27)14-11-18(25)22-15-6-3-2-5-13(14)15;2-1-3/h2-3,5-6,11-12,16-17,24H,4,7-10H2,1H3,(H,21,26)(H,22,25)(H,23,27);1H,(H,2,3)/t12-,16-,17-;/m0./s1. The minimum atomic E-state index is -0.813. The number of ether oxygens (including phenoxy) is 1. The predicted octanol–water partition coefficient (Wildman–Crippen LogP) is 0.251. The number of aromatic nitrogens is 1. The average molecular weight is 433 g/mol. The molecule has 3 rings (SSSR count). The Hall–Kier alpha value is -3.24. The van der Waals surface area contributed by atoms with Crippen LogP contribution in [0.15, 0.2) is 35.1 Å². The molecule has 10 heteroatoms. The third kappa shape index (κ3) is 6.63. The van der Waals surface area contributed by atoms with E-state index in [4.69, 9.17) is 14.6 Å². The second-order valence-corrected chi connectivity index (χ2v) is 7.15. The molecule has 2 aromatic rings. The summed E-state index contributed by atoms with van der Waals surface area (Å²) in [6, 6.07) is 7.74. The second kappa shape index (κ2) is 11.8. The zero-order valence-corrected chi connectivity index (χ0v) is 17.2. The molecule has 0 spiro atoms. The van der Waals surface area contributed by atoms with E-state index in [0.717, 1.165) is 0 Å². The number of para-hydroxylation sites is 1. The van der Waals surface area contributed by atoms with Crippen LogP contribution in [0.4, 0.5) is 0 Å². The molecule has 1 aromatic heterocycles. The normalized spacial score (nSPS) is 19.9. The molecule has 1 aliphatic carbocycles. The lowest BCUT2D eigenvalue weighted by atomic mass is 10.1. The number of methoxy groups -OCH3 is 1. The van der Waals surface area contributed by atoms with Gasteiger partial charge in [-0.25, -0.2) is 0 Å². The van der Waals surface area contributed by atoms with Crippen molar-refractivity contribution in [3.05, 3.63) is 46.2 Å². The second-order valence-electron chi connectivity index (χ2n) is 7.15. The van der Waals surface area contributed by atoms with Crippen molar-refractivity contribution in [3.8, 4) is 0 Å². The molecule has 10 nitrogen and oxygen atoms in total. The molecule has 168 valence electrons. The maximum atomic E-state index is 12.7. The Morgan fingerprint density at radius 2 is 2.00 bits per heavy atom. The van der Waals surface area contributed by atoms with Crippen molar-refractivity contribution >= 4 is 29.2 Å². The van der Waals surface area contributed by atoms with Crippen LogP contribution in [-0.2, 0) is 14.3 Å². The average Bonchev–Trinajstić information content (AvgIpc) is 3.11. The van der Waals surface area contributed by atoms with Gasteiger partial charge in [-0.2, -0.15) is 0 Å². The summed E-state index contributed by atoms with van der Waals surface area (Å²) >= 11 is 0. The molecule has 0 radical (unpaired) electrons. The molecule has 0 aliphatic heterocycles. The Bertz CT molecular complexity index is 959. The largest absolute Gasteiger partial charge is 0.483 e. The number of nitrogens with one attached hydrogen (secondary N) is 3. The molecule has 1 aliphatic rings. The van der Waals surface area contributed by atoms with Gasteiger partial charge in [0.05, 0.1) is 17.7 Å². The summed E-state index contributed by atoms with van der Waals surface area (Å²) in [6.07, 6.45) is 0.543. The van der Waals surface area contributed by atoms with Gasteiger partial charge in [0, 0.05) is 43.1 Å². The Morgan fingerprint density at radius 1 is 1.29 bits per heavy atom. The van der Waals surface area contributed by atoms with Crippen molar-refractivity contribution in [2.75, 3.05) is 20.3 Å². The van der Waals surface area contributed by atoms with Crippen LogP contribution in [0.5, 0.6) is 0 Å². The number of carboxylic acid groups (broad SMARTS) is 1. The number of hydrogen-bond acceptors (Lipinski definition) is 6. The van der Waals surface area contributed by atoms with Gasteiger partial charge in [0.1, 0.15) is 0 Å². The zero-order valence-electron chi connectivity index (χ0n) is 17.2. The maximum Gasteiger partial charge on any atom is 0.290 e. The highest BCUT2D eigenvalue weighted by molar-refractivity contribution is 6.06. The lowest BCUT2D eigenvalue weighted by Gasteiger charge is -2.17. The Kier molecular flexibility index (Phi) is 9.16. The van der Waals surface area contributed by atoms with Crippen molar-refractivity contribution in [1.82, 2.24) is 15.6 Å². The molecule has 31 heavy (non-hydrogen) atoms. The number of rotatable bonds is 7. The van der Waals surface area contributed by atoms with Crippen LogP contribution in [0, 0.1) is 5.92 Å². The van der Waals surface area contributed by atoms with Crippen molar-refractivity contribution < 1.29 is 29.3 Å². The first kappa shape index (κ1) is 24.0. The number of H-pyrrole nitrogens is 1. The molecule has 3 atom stereocenters. The molecule has 1 aromatic carbocycles. The summed E-state index contributed by atoms with van der Waals surface area (Å²) in [5.74, 6) is -0.931. The molecule has 1 heterocycles. The predicted molar refractivity (Wildman–Crippen MR) is 113 cm³/mol. The number of amides is 2. The lowest BCUT2D eigenvalue weighted by molar-refractivity contribution is -0.125. The highest BCUT2D eigenvalue weighted by Gasteiger charge is 2.37. The highest BCUT2D eigenvalue weighted by Crippen LogP contribution is 2.27. The van der Waals surface area contributed by atoms with Gasteiger partial charge in [-0.15, -0.1) is 0 Å². The first-order valence-corrected chi connectivity index (χ1v) is 9.86. The summed E-state index contributed by atoms with van der Waals surface area (Å²) in [6.45, 7) is 0.825. The fourth-order valence-electron chi connectivity index (χ4n) is 3.60. The molecule has 5 N–H and O–H groups in total. The SMILES string of the molecule is COCCCNC(=O)[C@H]1C[C@H](NC(=O)c2cc(=O)[nH]c3ccccc23)[C@@H](O)C1.O=CO. The smallest absolute Gasteiger partial charge is 0.290 e. The Morgan fingerprint density at radius 3 is 2.71 bits per heavy atom. The van der Waals surface area contributed by atoms with E-state index in [1.165, 1.54) is 6.07 Å². The number of aromatic amines is 1. The minimum Gasteiger partial charge on any atom is -0.483 e. The van der Waals surface area contributed by atoms with Gasteiger partial charge in [0.15, 0.2) is 0 Å². The topological polar surface area (TPSA) is 158 Å². The number of carbonyl (C=O) groups excluding carboxylic acids is 2. The third-order valence-electron chi connectivity index (χ3n) is 5.04.